The normalized spacial score (nSPS) is 18.2. The number of hydrogen-bond donors (Lipinski definition) is 3. The van der Waals surface area contributed by atoms with Crippen LogP contribution in [0.1, 0.15) is 25.7 Å². The van der Waals surface area contributed by atoms with E-state index in [9.17, 15) is 13.2 Å². The molecule has 0 aliphatic heterocycles. The van der Waals surface area contributed by atoms with Gasteiger partial charge in [0.25, 0.3) is 0 Å². The minimum atomic E-state index is -3.88. The zero-order chi connectivity index (χ0) is 14.1. The maximum absolute atomic E-state index is 12.1. The molecule has 7 heteroatoms. The monoisotopic (exact) mass is 283 g/mol. The highest BCUT2D eigenvalue weighted by molar-refractivity contribution is 7.89. The lowest BCUT2D eigenvalue weighted by Crippen LogP contribution is -2.48. The van der Waals surface area contributed by atoms with Crippen molar-refractivity contribution < 1.29 is 13.2 Å². The highest BCUT2D eigenvalue weighted by Crippen LogP contribution is 2.29. The molecule has 0 bridgehead atoms. The molecule has 0 heterocycles. The molecule has 19 heavy (non-hydrogen) atoms. The third kappa shape index (κ3) is 2.94. The van der Waals surface area contributed by atoms with Gasteiger partial charge < -0.3 is 11.1 Å². The molecule has 1 saturated carbocycles. The lowest BCUT2D eigenvalue weighted by molar-refractivity contribution is -0.121. The number of amides is 1. The van der Waals surface area contributed by atoms with Crippen LogP contribution in [0.3, 0.4) is 0 Å². The van der Waals surface area contributed by atoms with Gasteiger partial charge in [-0.25, -0.2) is 13.6 Å². The highest BCUT2D eigenvalue weighted by atomic mass is 32.2. The molecule has 1 aromatic carbocycles. The molecule has 1 aliphatic carbocycles. The van der Waals surface area contributed by atoms with Crippen molar-refractivity contribution in [1.82, 2.24) is 0 Å². The molecular formula is C12H17N3O3S. The zero-order valence-electron chi connectivity index (χ0n) is 10.4. The second-order valence-corrected chi connectivity index (χ2v) is 6.39. The summed E-state index contributed by atoms with van der Waals surface area (Å²) in [6.45, 7) is 0. The van der Waals surface area contributed by atoms with Crippen molar-refractivity contribution in [3.8, 4) is 0 Å². The van der Waals surface area contributed by atoms with Gasteiger partial charge in [0.2, 0.25) is 15.9 Å². The van der Waals surface area contributed by atoms with Gasteiger partial charge in [-0.3, -0.25) is 4.79 Å². The summed E-state index contributed by atoms with van der Waals surface area (Å²) in [6.07, 6.45) is 3.02. The van der Waals surface area contributed by atoms with Crippen LogP contribution >= 0.6 is 0 Å². The Morgan fingerprint density at radius 3 is 2.37 bits per heavy atom. The molecule has 6 nitrogen and oxygen atoms in total. The van der Waals surface area contributed by atoms with Gasteiger partial charge in [0.15, 0.2) is 0 Å². The fourth-order valence-electron chi connectivity index (χ4n) is 2.30. The van der Waals surface area contributed by atoms with Crippen molar-refractivity contribution in [1.29, 1.82) is 0 Å². The molecule has 104 valence electrons. The van der Waals surface area contributed by atoms with Crippen LogP contribution in [-0.4, -0.2) is 19.9 Å². The standard InChI is InChI=1S/C12H17N3O3S/c13-12(7-3-4-8-12)11(16)15-9-5-1-2-6-10(9)19(14,17)18/h1-2,5-6H,3-4,7-8,13H2,(H,15,16)(H2,14,17,18). The van der Waals surface area contributed by atoms with Gasteiger partial charge >= 0.3 is 0 Å². The number of para-hydroxylation sites is 1. The van der Waals surface area contributed by atoms with E-state index in [0.717, 1.165) is 12.8 Å². The summed E-state index contributed by atoms with van der Waals surface area (Å²) >= 11 is 0. The molecule has 2 rings (SSSR count). The molecule has 1 aromatic rings. The number of sulfonamides is 1. The fourth-order valence-corrected chi connectivity index (χ4v) is 2.99. The largest absolute Gasteiger partial charge is 0.323 e. The van der Waals surface area contributed by atoms with E-state index in [4.69, 9.17) is 10.9 Å². The summed E-state index contributed by atoms with van der Waals surface area (Å²) in [7, 11) is -3.88. The van der Waals surface area contributed by atoms with Gasteiger partial charge in [-0.15, -0.1) is 0 Å². The molecule has 1 amide bonds. The number of carbonyl (C=O) groups is 1. The van der Waals surface area contributed by atoms with Gasteiger partial charge in [-0.05, 0) is 25.0 Å². The number of benzene rings is 1. The van der Waals surface area contributed by atoms with Gasteiger partial charge in [0.1, 0.15) is 4.90 Å². The predicted molar refractivity (Wildman–Crippen MR) is 71.8 cm³/mol. The molecule has 5 N–H and O–H groups in total. The average molecular weight is 283 g/mol. The number of nitrogens with two attached hydrogens (primary N) is 2. The maximum atomic E-state index is 12.1. The van der Waals surface area contributed by atoms with Gasteiger partial charge in [0, 0.05) is 0 Å². The van der Waals surface area contributed by atoms with Crippen LogP contribution in [0.5, 0.6) is 0 Å². The minimum absolute atomic E-state index is 0.107. The van der Waals surface area contributed by atoms with Crippen molar-refractivity contribution in [2.45, 2.75) is 36.1 Å². The van der Waals surface area contributed by atoms with Crippen molar-refractivity contribution in [3.05, 3.63) is 24.3 Å². The number of anilines is 1. The topological polar surface area (TPSA) is 115 Å². The number of nitrogens with one attached hydrogen (secondary N) is 1. The molecular weight excluding hydrogens is 266 g/mol. The van der Waals surface area contributed by atoms with Crippen molar-refractivity contribution in [3.63, 3.8) is 0 Å². The van der Waals surface area contributed by atoms with Crippen molar-refractivity contribution in [2.75, 3.05) is 5.32 Å². The SMILES string of the molecule is NC1(C(=O)Nc2ccccc2S(N)(=O)=O)CCCC1. The van der Waals surface area contributed by atoms with E-state index in [1.807, 2.05) is 0 Å². The van der Waals surface area contributed by atoms with E-state index in [0.29, 0.717) is 12.8 Å². The molecule has 1 fully saturated rings. The molecule has 0 spiro atoms. The second kappa shape index (κ2) is 4.92. The summed E-state index contributed by atoms with van der Waals surface area (Å²) in [6, 6.07) is 6.02. The van der Waals surface area contributed by atoms with Crippen LogP contribution in [0.25, 0.3) is 0 Å². The summed E-state index contributed by atoms with van der Waals surface area (Å²) < 4.78 is 22.9. The Balaban J connectivity index is 2.27. The van der Waals surface area contributed by atoms with E-state index in [2.05, 4.69) is 5.32 Å². The molecule has 0 unspecified atom stereocenters. The third-order valence-electron chi connectivity index (χ3n) is 3.39. The number of carbonyl (C=O) groups excluding carboxylic acids is 1. The summed E-state index contributed by atoms with van der Waals surface area (Å²) in [5.74, 6) is -0.360. The highest BCUT2D eigenvalue weighted by Gasteiger charge is 2.37. The quantitative estimate of drug-likeness (QED) is 0.751. The maximum Gasteiger partial charge on any atom is 0.244 e. The zero-order valence-corrected chi connectivity index (χ0v) is 11.2. The lowest BCUT2D eigenvalue weighted by Gasteiger charge is -2.22. The van der Waals surface area contributed by atoms with E-state index in [1.54, 1.807) is 12.1 Å². The van der Waals surface area contributed by atoms with Gasteiger partial charge in [0.05, 0.1) is 11.2 Å². The first-order valence-corrected chi connectivity index (χ1v) is 7.60. The van der Waals surface area contributed by atoms with Crippen LogP contribution in [0.15, 0.2) is 29.2 Å². The average Bonchev–Trinajstić information content (AvgIpc) is 2.77. The predicted octanol–water partition coefficient (Wildman–Crippen LogP) is 0.544. The Morgan fingerprint density at radius 1 is 1.21 bits per heavy atom. The van der Waals surface area contributed by atoms with Crippen LogP contribution < -0.4 is 16.2 Å². The van der Waals surface area contributed by atoms with Crippen LogP contribution in [0.2, 0.25) is 0 Å². The van der Waals surface area contributed by atoms with E-state index < -0.39 is 15.6 Å². The first-order valence-electron chi connectivity index (χ1n) is 6.05. The van der Waals surface area contributed by atoms with Crippen molar-refractivity contribution >= 4 is 21.6 Å². The molecule has 0 radical (unpaired) electrons. The first kappa shape index (κ1) is 14.0. The molecule has 1 aliphatic rings. The smallest absolute Gasteiger partial charge is 0.244 e. The fraction of sp³-hybridized carbons (Fsp3) is 0.417. The molecule has 0 aromatic heterocycles. The minimum Gasteiger partial charge on any atom is -0.323 e. The second-order valence-electron chi connectivity index (χ2n) is 4.86. The Kier molecular flexibility index (Phi) is 3.62. The van der Waals surface area contributed by atoms with Crippen LogP contribution in [0.4, 0.5) is 5.69 Å². The van der Waals surface area contributed by atoms with Crippen molar-refractivity contribution in [2.24, 2.45) is 10.9 Å². The third-order valence-corrected chi connectivity index (χ3v) is 4.36. The molecule has 0 atom stereocenters. The number of hydrogen-bond acceptors (Lipinski definition) is 4. The summed E-state index contributed by atoms with van der Waals surface area (Å²) in [4.78, 5) is 12.0. The van der Waals surface area contributed by atoms with Gasteiger partial charge in [-0.2, -0.15) is 0 Å². The van der Waals surface area contributed by atoms with E-state index >= 15 is 0 Å². The number of primary sulfonamides is 1. The van der Waals surface area contributed by atoms with E-state index in [-0.39, 0.29) is 16.5 Å². The Bertz CT molecular complexity index is 592. The van der Waals surface area contributed by atoms with Crippen LogP contribution in [0, 0.1) is 0 Å². The van der Waals surface area contributed by atoms with Gasteiger partial charge in [-0.1, -0.05) is 25.0 Å². The summed E-state index contributed by atoms with van der Waals surface area (Å²) in [5, 5.41) is 7.69. The molecule has 0 saturated heterocycles. The Labute approximate surface area is 112 Å². The van der Waals surface area contributed by atoms with Crippen LogP contribution in [-0.2, 0) is 14.8 Å². The van der Waals surface area contributed by atoms with E-state index in [1.165, 1.54) is 12.1 Å². The lowest BCUT2D eigenvalue weighted by atomic mass is 9.98. The Morgan fingerprint density at radius 2 is 1.79 bits per heavy atom. The summed E-state index contributed by atoms with van der Waals surface area (Å²) in [5.41, 5.74) is 5.28. The first-order chi connectivity index (χ1) is 8.83. The Hall–Kier alpha value is -1.44. The number of rotatable bonds is 3.